The van der Waals surface area contributed by atoms with Crippen molar-refractivity contribution in [3.63, 3.8) is 0 Å². The highest BCUT2D eigenvalue weighted by atomic mass is 32.2. The van der Waals surface area contributed by atoms with Crippen LogP contribution in [0.15, 0.2) is 29.2 Å². The summed E-state index contributed by atoms with van der Waals surface area (Å²) < 4.78 is 31.5. The van der Waals surface area contributed by atoms with Gasteiger partial charge in [0.25, 0.3) is 0 Å². The lowest BCUT2D eigenvalue weighted by Crippen LogP contribution is -2.40. The molecule has 1 aromatic carbocycles. The second-order valence-corrected chi connectivity index (χ2v) is 6.10. The van der Waals surface area contributed by atoms with Crippen LogP contribution in [0, 0.1) is 0 Å². The highest BCUT2D eigenvalue weighted by Gasteiger charge is 2.24. The van der Waals surface area contributed by atoms with Crippen LogP contribution in [0.2, 0.25) is 0 Å². The van der Waals surface area contributed by atoms with Gasteiger partial charge in [0.2, 0.25) is 10.0 Å². The smallest absolute Gasteiger partial charge is 0.321 e. The second-order valence-electron chi connectivity index (χ2n) is 4.38. The van der Waals surface area contributed by atoms with Gasteiger partial charge >= 0.3 is 5.97 Å². The molecule has 0 aromatic heterocycles. The molecule has 7 heteroatoms. The summed E-state index contributed by atoms with van der Waals surface area (Å²) in [6.07, 6.45) is 0.815. The molecule has 112 valence electrons. The lowest BCUT2D eigenvalue weighted by atomic mass is 10.2. The van der Waals surface area contributed by atoms with Crippen molar-refractivity contribution in [2.24, 2.45) is 0 Å². The Morgan fingerprint density at radius 1 is 1.45 bits per heavy atom. The van der Waals surface area contributed by atoms with E-state index in [0.717, 1.165) is 0 Å². The van der Waals surface area contributed by atoms with E-state index < -0.39 is 22.0 Å². The molecule has 0 spiro atoms. The van der Waals surface area contributed by atoms with Gasteiger partial charge in [-0.25, -0.2) is 8.42 Å². The molecular weight excluding hydrogens is 282 g/mol. The number of hydrogen-bond acceptors (Lipinski definition) is 4. The summed E-state index contributed by atoms with van der Waals surface area (Å²) in [5.41, 5.74) is 0.706. The number of hydrogen-bond donors (Lipinski definition) is 2. The number of aliphatic carboxylic acids is 1. The topological polar surface area (TPSA) is 92.7 Å². The van der Waals surface area contributed by atoms with Crippen LogP contribution in [0.25, 0.3) is 0 Å². The summed E-state index contributed by atoms with van der Waals surface area (Å²) >= 11 is 0. The minimum Gasteiger partial charge on any atom is -0.480 e. The zero-order chi connectivity index (χ0) is 15.2. The van der Waals surface area contributed by atoms with Crippen molar-refractivity contribution < 1.29 is 23.1 Å². The van der Waals surface area contributed by atoms with Gasteiger partial charge in [-0.15, -0.1) is 0 Å². The molecule has 1 atom stereocenters. The molecule has 0 heterocycles. The van der Waals surface area contributed by atoms with Gasteiger partial charge in [0, 0.05) is 7.11 Å². The lowest BCUT2D eigenvalue weighted by molar-refractivity contribution is -0.139. The Kier molecular flexibility index (Phi) is 6.12. The van der Waals surface area contributed by atoms with E-state index in [1.807, 2.05) is 0 Å². The first kappa shape index (κ1) is 16.6. The van der Waals surface area contributed by atoms with Gasteiger partial charge in [-0.05, 0) is 24.1 Å². The van der Waals surface area contributed by atoms with Crippen molar-refractivity contribution in [3.05, 3.63) is 29.8 Å². The van der Waals surface area contributed by atoms with E-state index in [-0.39, 0.29) is 11.3 Å². The maximum atomic E-state index is 12.2. The fourth-order valence-corrected chi connectivity index (χ4v) is 3.04. The molecule has 0 amide bonds. The van der Waals surface area contributed by atoms with Crippen molar-refractivity contribution in [1.29, 1.82) is 0 Å². The Labute approximate surface area is 118 Å². The first-order valence-corrected chi connectivity index (χ1v) is 7.72. The first-order chi connectivity index (χ1) is 9.40. The Morgan fingerprint density at radius 3 is 2.70 bits per heavy atom. The molecule has 0 fully saturated rings. The molecule has 0 aliphatic rings. The first-order valence-electron chi connectivity index (χ1n) is 6.23. The quantitative estimate of drug-likeness (QED) is 0.756. The fraction of sp³-hybridized carbons (Fsp3) is 0.462. The summed E-state index contributed by atoms with van der Waals surface area (Å²) in [5.74, 6) is -1.18. The second kappa shape index (κ2) is 7.37. The third kappa shape index (κ3) is 4.59. The third-order valence-corrected chi connectivity index (χ3v) is 4.16. The van der Waals surface area contributed by atoms with Crippen LogP contribution in [0.1, 0.15) is 25.3 Å². The summed E-state index contributed by atoms with van der Waals surface area (Å²) in [4.78, 5) is 11.1. The van der Waals surface area contributed by atoms with Crippen LogP contribution in [-0.2, 0) is 26.2 Å². The van der Waals surface area contributed by atoms with Gasteiger partial charge in [0.1, 0.15) is 6.04 Å². The minimum atomic E-state index is -3.85. The molecule has 1 aromatic rings. The maximum Gasteiger partial charge on any atom is 0.321 e. The molecule has 6 nitrogen and oxygen atoms in total. The Bertz CT molecular complexity index is 556. The predicted molar refractivity (Wildman–Crippen MR) is 73.8 cm³/mol. The minimum absolute atomic E-state index is 0.0365. The zero-order valence-electron chi connectivity index (χ0n) is 11.5. The SMILES string of the molecule is CCCC(NS(=O)(=O)c1cccc(COC)c1)C(=O)O. The van der Waals surface area contributed by atoms with Crippen LogP contribution in [0.5, 0.6) is 0 Å². The average Bonchev–Trinajstić information content (AvgIpc) is 2.38. The van der Waals surface area contributed by atoms with Crippen LogP contribution in [-0.4, -0.2) is 32.6 Å². The molecule has 1 rings (SSSR count). The number of methoxy groups -OCH3 is 1. The zero-order valence-corrected chi connectivity index (χ0v) is 12.3. The molecule has 0 bridgehead atoms. The van der Waals surface area contributed by atoms with Crippen molar-refractivity contribution >= 4 is 16.0 Å². The monoisotopic (exact) mass is 301 g/mol. The Morgan fingerprint density at radius 2 is 2.15 bits per heavy atom. The maximum absolute atomic E-state index is 12.2. The molecule has 2 N–H and O–H groups in total. The van der Waals surface area contributed by atoms with Crippen molar-refractivity contribution in [2.45, 2.75) is 37.3 Å². The van der Waals surface area contributed by atoms with E-state index in [1.54, 1.807) is 19.1 Å². The molecule has 1 unspecified atom stereocenters. The third-order valence-electron chi connectivity index (χ3n) is 2.69. The number of benzene rings is 1. The summed E-state index contributed by atoms with van der Waals surface area (Å²) in [5, 5.41) is 9.01. The number of carbonyl (C=O) groups is 1. The molecule has 0 saturated carbocycles. The van der Waals surface area contributed by atoms with Crippen molar-refractivity contribution in [1.82, 2.24) is 4.72 Å². The van der Waals surface area contributed by atoms with Gasteiger partial charge in [-0.3, -0.25) is 4.79 Å². The highest BCUT2D eigenvalue weighted by Crippen LogP contribution is 2.13. The number of carboxylic acids is 1. The Balaban J connectivity index is 2.97. The van der Waals surface area contributed by atoms with Crippen LogP contribution in [0.3, 0.4) is 0 Å². The van der Waals surface area contributed by atoms with Gasteiger partial charge < -0.3 is 9.84 Å². The Hall–Kier alpha value is -1.44. The van der Waals surface area contributed by atoms with E-state index in [0.29, 0.717) is 18.6 Å². The van der Waals surface area contributed by atoms with Crippen molar-refractivity contribution in [2.75, 3.05) is 7.11 Å². The largest absolute Gasteiger partial charge is 0.480 e. The van der Waals surface area contributed by atoms with Crippen LogP contribution >= 0.6 is 0 Å². The van der Waals surface area contributed by atoms with E-state index >= 15 is 0 Å². The number of carboxylic acid groups (broad SMARTS) is 1. The van der Waals surface area contributed by atoms with Gasteiger partial charge in [-0.2, -0.15) is 4.72 Å². The molecule has 0 aliphatic heterocycles. The summed E-state index contributed by atoms with van der Waals surface area (Å²) in [7, 11) is -2.34. The van der Waals surface area contributed by atoms with Gasteiger partial charge in [-0.1, -0.05) is 25.5 Å². The number of ether oxygens (including phenoxy) is 1. The van der Waals surface area contributed by atoms with E-state index in [9.17, 15) is 13.2 Å². The molecule has 0 saturated heterocycles. The molecule has 20 heavy (non-hydrogen) atoms. The molecule has 0 radical (unpaired) electrons. The van der Waals surface area contributed by atoms with Gasteiger partial charge in [0.05, 0.1) is 11.5 Å². The van der Waals surface area contributed by atoms with Gasteiger partial charge in [0.15, 0.2) is 0 Å². The van der Waals surface area contributed by atoms with Crippen LogP contribution < -0.4 is 4.72 Å². The number of nitrogens with one attached hydrogen (secondary N) is 1. The number of sulfonamides is 1. The fourth-order valence-electron chi connectivity index (χ4n) is 1.75. The van der Waals surface area contributed by atoms with E-state index in [4.69, 9.17) is 9.84 Å². The molecular formula is C13H19NO5S. The summed E-state index contributed by atoms with van der Waals surface area (Å²) in [6.45, 7) is 2.09. The summed E-state index contributed by atoms with van der Waals surface area (Å²) in [6, 6.07) is 5.11. The van der Waals surface area contributed by atoms with Crippen molar-refractivity contribution in [3.8, 4) is 0 Å². The average molecular weight is 301 g/mol. The lowest BCUT2D eigenvalue weighted by Gasteiger charge is -2.14. The van der Waals surface area contributed by atoms with E-state index in [1.165, 1.54) is 19.2 Å². The highest BCUT2D eigenvalue weighted by molar-refractivity contribution is 7.89. The normalized spacial score (nSPS) is 13.1. The standard InChI is InChI=1S/C13H19NO5S/c1-3-5-12(13(15)16)14-20(17,18)11-7-4-6-10(8-11)9-19-2/h4,6-8,12,14H,3,5,9H2,1-2H3,(H,15,16). The predicted octanol–water partition coefficient (Wildman–Crippen LogP) is 1.36. The molecule has 0 aliphatic carbocycles. The number of rotatable bonds is 8. The van der Waals surface area contributed by atoms with Crippen LogP contribution in [0.4, 0.5) is 0 Å². The van der Waals surface area contributed by atoms with E-state index in [2.05, 4.69) is 4.72 Å².